The van der Waals surface area contributed by atoms with Gasteiger partial charge in [0.1, 0.15) is 12.6 Å². The van der Waals surface area contributed by atoms with Crippen molar-refractivity contribution >= 4 is 17.5 Å². The molecule has 8 heteroatoms. The van der Waals surface area contributed by atoms with Crippen LogP contribution in [-0.2, 0) is 4.79 Å². The van der Waals surface area contributed by atoms with E-state index in [1.807, 2.05) is 0 Å². The number of nitrogens with zero attached hydrogens (tertiary/aromatic N) is 2. The molecule has 0 radical (unpaired) electrons. The van der Waals surface area contributed by atoms with Crippen molar-refractivity contribution in [3.05, 3.63) is 29.8 Å². The Hall–Kier alpha value is -2.25. The van der Waals surface area contributed by atoms with E-state index >= 15 is 0 Å². The third kappa shape index (κ3) is 3.32. The first kappa shape index (κ1) is 16.1. The van der Waals surface area contributed by atoms with E-state index in [0.717, 1.165) is 9.80 Å². The van der Waals surface area contributed by atoms with E-state index in [9.17, 15) is 22.8 Å². The smallest absolute Gasteiger partial charge is 0.398 e. The molecule has 1 atom stereocenters. The molecule has 120 valence electrons. The average molecular weight is 315 g/mol. The molecule has 2 amide bonds. The highest BCUT2D eigenvalue weighted by atomic mass is 19.4. The number of para-hydroxylation sites is 1. The molecular formula is C14H16F3N3O2. The predicted molar refractivity (Wildman–Crippen MR) is 74.0 cm³/mol. The van der Waals surface area contributed by atoms with E-state index in [0.29, 0.717) is 0 Å². The molecule has 1 aromatic rings. The minimum absolute atomic E-state index is 0.0229. The highest BCUT2D eigenvalue weighted by Crippen LogP contribution is 2.24. The summed E-state index contributed by atoms with van der Waals surface area (Å²) in [4.78, 5) is 26.3. The molecule has 1 heterocycles. The number of nitrogen functional groups attached to an aromatic ring is 1. The standard InChI is InChI=1S/C14H16F3N3O2/c1-19(12(21)9-4-2-3-5-10(9)18)11-6-7-20(13(11)22)8-14(15,16)17/h2-5,11H,6-8,18H2,1H3/t11-/m1/s1. The van der Waals surface area contributed by atoms with Crippen molar-refractivity contribution in [1.29, 1.82) is 0 Å². The Balaban J connectivity index is 2.11. The van der Waals surface area contributed by atoms with Gasteiger partial charge in [-0.2, -0.15) is 13.2 Å². The molecule has 1 aliphatic rings. The van der Waals surface area contributed by atoms with E-state index in [1.165, 1.54) is 13.1 Å². The van der Waals surface area contributed by atoms with E-state index < -0.39 is 30.6 Å². The summed E-state index contributed by atoms with van der Waals surface area (Å²) in [5, 5.41) is 0. The molecule has 2 N–H and O–H groups in total. The molecule has 0 aromatic heterocycles. The fraction of sp³-hybridized carbons (Fsp3) is 0.429. The van der Waals surface area contributed by atoms with Gasteiger partial charge in [0.15, 0.2) is 0 Å². The van der Waals surface area contributed by atoms with Crippen LogP contribution in [0.2, 0.25) is 0 Å². The lowest BCUT2D eigenvalue weighted by atomic mass is 10.1. The first-order chi connectivity index (χ1) is 10.2. The molecule has 22 heavy (non-hydrogen) atoms. The van der Waals surface area contributed by atoms with Gasteiger partial charge in [-0.05, 0) is 18.6 Å². The van der Waals surface area contributed by atoms with E-state index in [-0.39, 0.29) is 24.2 Å². The Labute approximate surface area is 125 Å². The van der Waals surface area contributed by atoms with Gasteiger partial charge in [0, 0.05) is 19.3 Å². The number of benzene rings is 1. The second kappa shape index (κ2) is 5.86. The van der Waals surface area contributed by atoms with Crippen molar-refractivity contribution in [3.8, 4) is 0 Å². The molecule has 2 rings (SSSR count). The maximum absolute atomic E-state index is 12.4. The van der Waals surface area contributed by atoms with Gasteiger partial charge in [-0.3, -0.25) is 9.59 Å². The Morgan fingerprint density at radius 1 is 1.41 bits per heavy atom. The molecule has 0 aliphatic carbocycles. The van der Waals surface area contributed by atoms with Gasteiger partial charge < -0.3 is 15.5 Å². The third-order valence-corrected chi connectivity index (χ3v) is 3.62. The number of likely N-dealkylation sites (tertiary alicyclic amines) is 1. The average Bonchev–Trinajstić information content (AvgIpc) is 2.77. The molecule has 1 aromatic carbocycles. The Bertz CT molecular complexity index is 589. The lowest BCUT2D eigenvalue weighted by Gasteiger charge is -2.25. The number of anilines is 1. The summed E-state index contributed by atoms with van der Waals surface area (Å²) in [6, 6.07) is 5.46. The van der Waals surface area contributed by atoms with Crippen LogP contribution in [0.3, 0.4) is 0 Å². The Kier molecular flexibility index (Phi) is 4.30. The molecule has 1 saturated heterocycles. The summed E-state index contributed by atoms with van der Waals surface area (Å²) >= 11 is 0. The summed E-state index contributed by atoms with van der Waals surface area (Å²) in [7, 11) is 1.40. The second-order valence-corrected chi connectivity index (χ2v) is 5.18. The van der Waals surface area contributed by atoms with Gasteiger partial charge in [0.2, 0.25) is 5.91 Å². The van der Waals surface area contributed by atoms with Gasteiger partial charge >= 0.3 is 6.18 Å². The zero-order valence-electron chi connectivity index (χ0n) is 11.9. The molecule has 1 aliphatic heterocycles. The lowest BCUT2D eigenvalue weighted by molar-refractivity contribution is -0.158. The van der Waals surface area contributed by atoms with Gasteiger partial charge in [0.05, 0.1) is 5.56 Å². The van der Waals surface area contributed by atoms with Crippen LogP contribution in [0.25, 0.3) is 0 Å². The molecule has 5 nitrogen and oxygen atoms in total. The van der Waals surface area contributed by atoms with Crippen molar-refractivity contribution in [2.75, 3.05) is 25.9 Å². The van der Waals surface area contributed by atoms with Crippen LogP contribution in [0, 0.1) is 0 Å². The predicted octanol–water partition coefficient (Wildman–Crippen LogP) is 1.50. The summed E-state index contributed by atoms with van der Waals surface area (Å²) < 4.78 is 37.2. The lowest BCUT2D eigenvalue weighted by Crippen LogP contribution is -2.44. The van der Waals surface area contributed by atoms with Crippen molar-refractivity contribution in [2.24, 2.45) is 0 Å². The number of likely N-dealkylation sites (N-methyl/N-ethyl adjacent to an activating group) is 1. The van der Waals surface area contributed by atoms with Crippen molar-refractivity contribution in [3.63, 3.8) is 0 Å². The number of hydrogen-bond donors (Lipinski definition) is 1. The first-order valence-corrected chi connectivity index (χ1v) is 6.68. The van der Waals surface area contributed by atoms with Crippen LogP contribution >= 0.6 is 0 Å². The molecule has 0 saturated carbocycles. The molecular weight excluding hydrogens is 299 g/mol. The van der Waals surface area contributed by atoms with Crippen LogP contribution in [0.15, 0.2) is 24.3 Å². The zero-order chi connectivity index (χ0) is 16.5. The molecule has 0 bridgehead atoms. The number of halogens is 3. The Morgan fingerprint density at radius 2 is 2.05 bits per heavy atom. The third-order valence-electron chi connectivity index (χ3n) is 3.62. The van der Waals surface area contributed by atoms with Crippen LogP contribution in [0.1, 0.15) is 16.8 Å². The van der Waals surface area contributed by atoms with Crippen molar-refractivity contribution < 1.29 is 22.8 Å². The highest BCUT2D eigenvalue weighted by molar-refractivity contribution is 6.01. The fourth-order valence-corrected chi connectivity index (χ4v) is 2.48. The fourth-order valence-electron chi connectivity index (χ4n) is 2.48. The molecule has 0 spiro atoms. The number of carbonyl (C=O) groups excluding carboxylic acids is 2. The van der Waals surface area contributed by atoms with Crippen molar-refractivity contribution in [2.45, 2.75) is 18.6 Å². The summed E-state index contributed by atoms with van der Waals surface area (Å²) in [5.41, 5.74) is 6.20. The summed E-state index contributed by atoms with van der Waals surface area (Å²) in [6.07, 6.45) is -4.28. The van der Waals surface area contributed by atoms with Gasteiger partial charge in [-0.15, -0.1) is 0 Å². The topological polar surface area (TPSA) is 66.6 Å². The monoisotopic (exact) mass is 315 g/mol. The number of nitrogens with two attached hydrogens (primary N) is 1. The van der Waals surface area contributed by atoms with Gasteiger partial charge in [0.25, 0.3) is 5.91 Å². The number of carbonyl (C=O) groups is 2. The van der Waals surface area contributed by atoms with Crippen LogP contribution < -0.4 is 5.73 Å². The SMILES string of the molecule is CN(C(=O)c1ccccc1N)[C@@H]1CCN(CC(F)(F)F)C1=O. The van der Waals surface area contributed by atoms with Gasteiger partial charge in [-0.25, -0.2) is 0 Å². The highest BCUT2D eigenvalue weighted by Gasteiger charge is 2.41. The largest absolute Gasteiger partial charge is 0.406 e. The summed E-state index contributed by atoms with van der Waals surface area (Å²) in [5.74, 6) is -1.17. The molecule has 0 unspecified atom stereocenters. The van der Waals surface area contributed by atoms with Crippen LogP contribution in [0.4, 0.5) is 18.9 Å². The number of amides is 2. The summed E-state index contributed by atoms with van der Waals surface area (Å²) in [6.45, 7) is -1.32. The zero-order valence-corrected chi connectivity index (χ0v) is 11.9. The van der Waals surface area contributed by atoms with Crippen molar-refractivity contribution in [1.82, 2.24) is 9.80 Å². The van der Waals surface area contributed by atoms with E-state index in [2.05, 4.69) is 0 Å². The maximum atomic E-state index is 12.4. The second-order valence-electron chi connectivity index (χ2n) is 5.18. The van der Waals surface area contributed by atoms with Gasteiger partial charge in [-0.1, -0.05) is 12.1 Å². The normalized spacial score (nSPS) is 18.6. The van der Waals surface area contributed by atoms with Crippen LogP contribution in [-0.4, -0.2) is 54.0 Å². The number of hydrogen-bond acceptors (Lipinski definition) is 3. The number of alkyl halides is 3. The number of rotatable bonds is 3. The minimum Gasteiger partial charge on any atom is -0.398 e. The Morgan fingerprint density at radius 3 is 2.64 bits per heavy atom. The van der Waals surface area contributed by atoms with Crippen LogP contribution in [0.5, 0.6) is 0 Å². The van der Waals surface area contributed by atoms with E-state index in [1.54, 1.807) is 18.2 Å². The molecule has 1 fully saturated rings. The quantitative estimate of drug-likeness (QED) is 0.860. The minimum atomic E-state index is -4.45. The van der Waals surface area contributed by atoms with E-state index in [4.69, 9.17) is 5.73 Å². The first-order valence-electron chi connectivity index (χ1n) is 6.68. The maximum Gasteiger partial charge on any atom is 0.406 e.